The Kier molecular flexibility index (Phi) is 4.09. The first kappa shape index (κ1) is 12.7. The maximum Gasteiger partial charge on any atom is 0.271 e. The highest BCUT2D eigenvalue weighted by molar-refractivity contribution is 6.35. The number of halogens is 2. The highest BCUT2D eigenvalue weighted by Gasteiger charge is 2.16. The monoisotopic (exact) mass is 262 g/mol. The van der Waals surface area contributed by atoms with Crippen molar-refractivity contribution < 1.29 is 9.72 Å². The number of nitrogens with zero attached hydrogens (tertiary/aromatic N) is 2. The standard InChI is InChI=1S/C9H8Cl2N2O3/c1-12(9(14)5-10)8-4-6(13(15)16)2-3-7(8)11/h2-4H,5H2,1H3. The molecule has 7 heteroatoms. The molecule has 1 aromatic carbocycles. The van der Waals surface area contributed by atoms with Crippen LogP contribution < -0.4 is 4.90 Å². The van der Waals surface area contributed by atoms with E-state index in [4.69, 9.17) is 23.2 Å². The fourth-order valence-corrected chi connectivity index (χ4v) is 1.52. The molecule has 0 unspecified atom stereocenters. The molecule has 86 valence electrons. The number of nitro groups is 1. The summed E-state index contributed by atoms with van der Waals surface area (Å²) in [4.78, 5) is 22.5. The lowest BCUT2D eigenvalue weighted by Crippen LogP contribution is -2.27. The number of nitro benzene ring substituents is 1. The predicted octanol–water partition coefficient (Wildman–Crippen LogP) is 2.45. The Hall–Kier alpha value is -1.33. The molecule has 0 saturated carbocycles. The van der Waals surface area contributed by atoms with Gasteiger partial charge in [0.15, 0.2) is 0 Å². The molecule has 1 rings (SSSR count). The molecule has 0 atom stereocenters. The van der Waals surface area contributed by atoms with E-state index in [9.17, 15) is 14.9 Å². The minimum atomic E-state index is -0.557. The van der Waals surface area contributed by atoms with E-state index in [1.54, 1.807) is 0 Å². The Balaban J connectivity index is 3.16. The Morgan fingerprint density at radius 3 is 2.69 bits per heavy atom. The maximum atomic E-state index is 11.3. The van der Waals surface area contributed by atoms with Crippen LogP contribution in [0.15, 0.2) is 18.2 Å². The zero-order chi connectivity index (χ0) is 12.3. The molecule has 0 bridgehead atoms. The van der Waals surface area contributed by atoms with Crippen molar-refractivity contribution in [2.75, 3.05) is 17.8 Å². The van der Waals surface area contributed by atoms with E-state index in [1.165, 1.54) is 30.1 Å². The number of rotatable bonds is 3. The Labute approximate surface area is 102 Å². The third-order valence-corrected chi connectivity index (χ3v) is 2.54. The molecule has 0 aliphatic rings. The van der Waals surface area contributed by atoms with Gasteiger partial charge in [0.05, 0.1) is 15.6 Å². The summed E-state index contributed by atoms with van der Waals surface area (Å²) in [6, 6.07) is 3.87. The summed E-state index contributed by atoms with van der Waals surface area (Å²) >= 11 is 11.2. The molecule has 0 spiro atoms. The van der Waals surface area contributed by atoms with Crippen LogP contribution in [-0.4, -0.2) is 23.8 Å². The third kappa shape index (κ3) is 2.62. The normalized spacial score (nSPS) is 9.94. The molecular weight excluding hydrogens is 255 g/mol. The van der Waals surface area contributed by atoms with Crippen molar-refractivity contribution in [1.82, 2.24) is 0 Å². The molecule has 0 heterocycles. The first-order chi connectivity index (χ1) is 7.47. The second-order valence-electron chi connectivity index (χ2n) is 2.98. The summed E-state index contributed by atoms with van der Waals surface area (Å²) < 4.78 is 0. The van der Waals surface area contributed by atoms with E-state index in [0.717, 1.165) is 0 Å². The molecule has 0 fully saturated rings. The quantitative estimate of drug-likeness (QED) is 0.478. The average Bonchev–Trinajstić information content (AvgIpc) is 2.27. The Morgan fingerprint density at radius 2 is 2.19 bits per heavy atom. The highest BCUT2D eigenvalue weighted by Crippen LogP contribution is 2.29. The number of carbonyl (C=O) groups is 1. The molecule has 5 nitrogen and oxygen atoms in total. The van der Waals surface area contributed by atoms with Crippen molar-refractivity contribution in [3.63, 3.8) is 0 Å². The van der Waals surface area contributed by atoms with Crippen LogP contribution in [0.2, 0.25) is 5.02 Å². The first-order valence-electron chi connectivity index (χ1n) is 4.24. The molecule has 1 aromatic rings. The number of benzene rings is 1. The number of anilines is 1. The second kappa shape index (κ2) is 5.14. The minimum Gasteiger partial charge on any atom is -0.313 e. The molecule has 1 amide bonds. The van der Waals surface area contributed by atoms with Gasteiger partial charge in [-0.05, 0) is 6.07 Å². The van der Waals surface area contributed by atoms with Gasteiger partial charge in [0, 0.05) is 19.2 Å². The predicted molar refractivity (Wildman–Crippen MR) is 62.2 cm³/mol. The molecule has 0 aromatic heterocycles. The second-order valence-corrected chi connectivity index (χ2v) is 3.65. The van der Waals surface area contributed by atoms with Crippen molar-refractivity contribution >= 4 is 40.5 Å². The fraction of sp³-hybridized carbons (Fsp3) is 0.222. The van der Waals surface area contributed by atoms with Gasteiger partial charge < -0.3 is 4.90 Å². The molecule has 16 heavy (non-hydrogen) atoms. The van der Waals surface area contributed by atoms with E-state index in [0.29, 0.717) is 0 Å². The van der Waals surface area contributed by atoms with Gasteiger partial charge in [-0.1, -0.05) is 11.6 Å². The minimum absolute atomic E-state index is 0.131. The molecular formula is C9H8Cl2N2O3. The van der Waals surface area contributed by atoms with Gasteiger partial charge in [0.2, 0.25) is 5.91 Å². The van der Waals surface area contributed by atoms with E-state index in [-0.39, 0.29) is 28.2 Å². The van der Waals surface area contributed by atoms with E-state index in [1.807, 2.05) is 0 Å². The number of hydrogen-bond acceptors (Lipinski definition) is 3. The Morgan fingerprint density at radius 1 is 1.56 bits per heavy atom. The maximum absolute atomic E-state index is 11.3. The fourth-order valence-electron chi connectivity index (χ4n) is 1.10. The van der Waals surface area contributed by atoms with Crippen LogP contribution in [0, 0.1) is 10.1 Å². The summed E-state index contributed by atoms with van der Waals surface area (Å²) in [5.74, 6) is -0.598. The summed E-state index contributed by atoms with van der Waals surface area (Å²) in [5, 5.41) is 10.8. The van der Waals surface area contributed by atoms with Crippen LogP contribution in [0.5, 0.6) is 0 Å². The summed E-state index contributed by atoms with van der Waals surface area (Å²) in [5.41, 5.74) is 0.134. The zero-order valence-corrected chi connectivity index (χ0v) is 9.83. The van der Waals surface area contributed by atoms with Gasteiger partial charge >= 0.3 is 0 Å². The van der Waals surface area contributed by atoms with Crippen LogP contribution >= 0.6 is 23.2 Å². The molecule has 0 saturated heterocycles. The molecule has 0 radical (unpaired) electrons. The average molecular weight is 263 g/mol. The van der Waals surface area contributed by atoms with Gasteiger partial charge in [0.1, 0.15) is 5.88 Å². The largest absolute Gasteiger partial charge is 0.313 e. The smallest absolute Gasteiger partial charge is 0.271 e. The lowest BCUT2D eigenvalue weighted by Gasteiger charge is -2.16. The third-order valence-electron chi connectivity index (χ3n) is 1.99. The van der Waals surface area contributed by atoms with Crippen LogP contribution in [0.4, 0.5) is 11.4 Å². The van der Waals surface area contributed by atoms with Gasteiger partial charge in [-0.25, -0.2) is 0 Å². The lowest BCUT2D eigenvalue weighted by molar-refractivity contribution is -0.384. The van der Waals surface area contributed by atoms with Gasteiger partial charge in [-0.2, -0.15) is 0 Å². The van der Waals surface area contributed by atoms with E-state index in [2.05, 4.69) is 0 Å². The van der Waals surface area contributed by atoms with Crippen LogP contribution in [0.1, 0.15) is 0 Å². The lowest BCUT2D eigenvalue weighted by atomic mass is 10.2. The number of hydrogen-bond donors (Lipinski definition) is 0. The van der Waals surface area contributed by atoms with Crippen LogP contribution in [0.3, 0.4) is 0 Å². The van der Waals surface area contributed by atoms with Gasteiger partial charge in [-0.3, -0.25) is 14.9 Å². The van der Waals surface area contributed by atoms with Crippen molar-refractivity contribution in [3.8, 4) is 0 Å². The number of alkyl halides is 1. The number of amides is 1. The number of non-ortho nitro benzene ring substituents is 1. The van der Waals surface area contributed by atoms with Gasteiger partial charge in [-0.15, -0.1) is 11.6 Å². The number of carbonyl (C=O) groups excluding carboxylic acids is 1. The van der Waals surface area contributed by atoms with Gasteiger partial charge in [0.25, 0.3) is 5.69 Å². The summed E-state index contributed by atoms with van der Waals surface area (Å²) in [6.45, 7) is 0. The van der Waals surface area contributed by atoms with E-state index < -0.39 is 4.92 Å². The molecule has 0 aliphatic carbocycles. The summed E-state index contributed by atoms with van der Waals surface area (Å²) in [7, 11) is 1.45. The molecule has 0 aliphatic heterocycles. The SMILES string of the molecule is CN(C(=O)CCl)c1cc([N+](=O)[O-])ccc1Cl. The topological polar surface area (TPSA) is 63.5 Å². The highest BCUT2D eigenvalue weighted by atomic mass is 35.5. The Bertz CT molecular complexity index is 437. The van der Waals surface area contributed by atoms with Crippen LogP contribution in [-0.2, 0) is 4.79 Å². The first-order valence-corrected chi connectivity index (χ1v) is 5.15. The summed E-state index contributed by atoms with van der Waals surface area (Å²) in [6.07, 6.45) is 0. The van der Waals surface area contributed by atoms with Crippen LogP contribution in [0.25, 0.3) is 0 Å². The van der Waals surface area contributed by atoms with Crippen molar-refractivity contribution in [2.24, 2.45) is 0 Å². The van der Waals surface area contributed by atoms with Crippen molar-refractivity contribution in [1.29, 1.82) is 0 Å². The van der Waals surface area contributed by atoms with Crippen molar-refractivity contribution in [2.45, 2.75) is 0 Å². The van der Waals surface area contributed by atoms with E-state index >= 15 is 0 Å². The molecule has 0 N–H and O–H groups in total. The zero-order valence-electron chi connectivity index (χ0n) is 8.31. The van der Waals surface area contributed by atoms with Crippen molar-refractivity contribution in [3.05, 3.63) is 33.3 Å².